The van der Waals surface area contributed by atoms with Crippen molar-refractivity contribution in [1.82, 2.24) is 0 Å². The molecule has 0 N–H and O–H groups in total. The van der Waals surface area contributed by atoms with E-state index in [0.29, 0.717) is 11.4 Å². The molecule has 0 saturated carbocycles. The van der Waals surface area contributed by atoms with Gasteiger partial charge in [0.25, 0.3) is 0 Å². The van der Waals surface area contributed by atoms with Crippen molar-refractivity contribution >= 4 is 17.1 Å². The number of rotatable bonds is 5. The van der Waals surface area contributed by atoms with Crippen LogP contribution in [-0.4, -0.2) is 19.1 Å². The summed E-state index contributed by atoms with van der Waals surface area (Å²) < 4.78 is 10.0. The fraction of sp³-hybridized carbons (Fsp3) is 0.143. The minimum atomic E-state index is -0.543. The SMILES string of the molecule is COc1cccc(N=Nc2cccc(OC)c2[N+](=O)[O-])c1. The molecule has 0 bridgehead atoms. The number of nitro groups is 1. The highest BCUT2D eigenvalue weighted by Crippen LogP contribution is 2.37. The third kappa shape index (κ3) is 3.33. The molecule has 2 rings (SSSR count). The number of ether oxygens (including phenoxy) is 2. The van der Waals surface area contributed by atoms with Gasteiger partial charge in [0.15, 0.2) is 11.4 Å². The van der Waals surface area contributed by atoms with Crippen LogP contribution in [0.25, 0.3) is 0 Å². The van der Waals surface area contributed by atoms with Gasteiger partial charge in [0, 0.05) is 6.07 Å². The number of hydrogen-bond donors (Lipinski definition) is 0. The molecule has 0 spiro atoms. The zero-order chi connectivity index (χ0) is 15.2. The maximum Gasteiger partial charge on any atom is 0.338 e. The lowest BCUT2D eigenvalue weighted by Crippen LogP contribution is -1.93. The molecule has 0 amide bonds. The molecule has 0 aliphatic heterocycles. The molecule has 0 atom stereocenters. The summed E-state index contributed by atoms with van der Waals surface area (Å²) in [7, 11) is 2.91. The van der Waals surface area contributed by atoms with E-state index in [1.807, 2.05) is 0 Å². The molecule has 0 aliphatic rings. The van der Waals surface area contributed by atoms with Crippen LogP contribution in [0.3, 0.4) is 0 Å². The molecule has 0 radical (unpaired) electrons. The molecule has 7 heteroatoms. The lowest BCUT2D eigenvalue weighted by Gasteiger charge is -2.03. The highest BCUT2D eigenvalue weighted by Gasteiger charge is 2.20. The number of methoxy groups -OCH3 is 2. The van der Waals surface area contributed by atoms with Crippen LogP contribution in [0, 0.1) is 10.1 Å². The first-order valence-electron chi connectivity index (χ1n) is 6.03. The summed E-state index contributed by atoms with van der Waals surface area (Å²) >= 11 is 0. The quantitative estimate of drug-likeness (QED) is 0.472. The van der Waals surface area contributed by atoms with E-state index in [1.165, 1.54) is 19.2 Å². The number of azo groups is 1. The summed E-state index contributed by atoms with van der Waals surface area (Å²) in [6, 6.07) is 11.5. The van der Waals surface area contributed by atoms with E-state index in [2.05, 4.69) is 10.2 Å². The predicted molar refractivity (Wildman–Crippen MR) is 76.8 cm³/mol. The lowest BCUT2D eigenvalue weighted by atomic mass is 10.2. The first-order chi connectivity index (χ1) is 10.2. The van der Waals surface area contributed by atoms with E-state index in [-0.39, 0.29) is 17.1 Å². The summed E-state index contributed by atoms with van der Waals surface area (Å²) in [6.45, 7) is 0. The molecular weight excluding hydrogens is 274 g/mol. The van der Waals surface area contributed by atoms with Crippen molar-refractivity contribution in [2.75, 3.05) is 14.2 Å². The average Bonchev–Trinajstić information content (AvgIpc) is 2.52. The fourth-order valence-electron chi connectivity index (χ4n) is 1.72. The molecule has 0 unspecified atom stereocenters. The van der Waals surface area contributed by atoms with Gasteiger partial charge in [-0.1, -0.05) is 12.1 Å². The zero-order valence-corrected chi connectivity index (χ0v) is 11.5. The molecule has 0 fully saturated rings. The Kier molecular flexibility index (Phi) is 4.45. The van der Waals surface area contributed by atoms with Crippen molar-refractivity contribution in [2.24, 2.45) is 10.2 Å². The highest BCUT2D eigenvalue weighted by molar-refractivity contribution is 5.65. The van der Waals surface area contributed by atoms with Crippen molar-refractivity contribution < 1.29 is 14.4 Å². The number of benzene rings is 2. The topological polar surface area (TPSA) is 86.3 Å². The first kappa shape index (κ1) is 14.4. The van der Waals surface area contributed by atoms with E-state index in [0.717, 1.165) is 0 Å². The molecule has 0 saturated heterocycles. The Morgan fingerprint density at radius 1 is 1.05 bits per heavy atom. The lowest BCUT2D eigenvalue weighted by molar-refractivity contribution is -0.385. The van der Waals surface area contributed by atoms with Gasteiger partial charge in [-0.15, -0.1) is 5.11 Å². The van der Waals surface area contributed by atoms with Crippen LogP contribution in [-0.2, 0) is 0 Å². The molecular formula is C14H13N3O4. The summed E-state index contributed by atoms with van der Waals surface area (Å²) in [4.78, 5) is 10.6. The van der Waals surface area contributed by atoms with Crippen LogP contribution in [0.4, 0.5) is 17.1 Å². The van der Waals surface area contributed by atoms with Crippen molar-refractivity contribution in [3.05, 3.63) is 52.6 Å². The van der Waals surface area contributed by atoms with Crippen LogP contribution in [0.5, 0.6) is 11.5 Å². The third-order valence-electron chi connectivity index (χ3n) is 2.71. The summed E-state index contributed by atoms with van der Waals surface area (Å²) in [5.74, 6) is 0.772. The van der Waals surface area contributed by atoms with Crippen LogP contribution < -0.4 is 9.47 Å². The Morgan fingerprint density at radius 2 is 1.81 bits per heavy atom. The molecule has 21 heavy (non-hydrogen) atoms. The van der Waals surface area contributed by atoms with E-state index >= 15 is 0 Å². The number of nitro benzene ring substituents is 1. The standard InChI is InChI=1S/C14H13N3O4/c1-20-11-6-3-5-10(9-11)15-16-12-7-4-8-13(21-2)14(12)17(18)19/h3-9H,1-2H3. The highest BCUT2D eigenvalue weighted by atomic mass is 16.6. The summed E-state index contributed by atoms with van der Waals surface area (Å²) in [6.07, 6.45) is 0. The van der Waals surface area contributed by atoms with Gasteiger partial charge >= 0.3 is 5.69 Å². The van der Waals surface area contributed by atoms with E-state index in [1.54, 1.807) is 37.4 Å². The van der Waals surface area contributed by atoms with Gasteiger partial charge in [-0.2, -0.15) is 5.11 Å². The van der Waals surface area contributed by atoms with Gasteiger partial charge in [-0.05, 0) is 24.3 Å². The van der Waals surface area contributed by atoms with Gasteiger partial charge in [0.05, 0.1) is 24.8 Å². The number of nitrogens with zero attached hydrogens (tertiary/aromatic N) is 3. The number of hydrogen-bond acceptors (Lipinski definition) is 6. The normalized spacial score (nSPS) is 10.6. The summed E-state index contributed by atoms with van der Waals surface area (Å²) in [5, 5.41) is 19.0. The Morgan fingerprint density at radius 3 is 2.48 bits per heavy atom. The number of para-hydroxylation sites is 1. The smallest absolute Gasteiger partial charge is 0.338 e. The predicted octanol–water partition coefficient (Wildman–Crippen LogP) is 4.03. The molecule has 0 aliphatic carbocycles. The molecule has 2 aromatic carbocycles. The van der Waals surface area contributed by atoms with Gasteiger partial charge < -0.3 is 9.47 Å². The second-order valence-electron chi connectivity index (χ2n) is 3.99. The van der Waals surface area contributed by atoms with Crippen molar-refractivity contribution in [3.8, 4) is 11.5 Å². The minimum absolute atomic E-state index is 0.127. The van der Waals surface area contributed by atoms with Gasteiger partial charge in [-0.25, -0.2) is 0 Å². The molecule has 2 aromatic rings. The maximum absolute atomic E-state index is 11.1. The summed E-state index contributed by atoms with van der Waals surface area (Å²) in [5.41, 5.74) is 0.445. The van der Waals surface area contributed by atoms with Gasteiger partial charge in [0.2, 0.25) is 0 Å². The molecule has 0 heterocycles. The fourth-order valence-corrected chi connectivity index (χ4v) is 1.72. The second kappa shape index (κ2) is 6.47. The maximum atomic E-state index is 11.1. The Balaban J connectivity index is 2.38. The average molecular weight is 287 g/mol. The van der Waals surface area contributed by atoms with Gasteiger partial charge in [-0.3, -0.25) is 10.1 Å². The van der Waals surface area contributed by atoms with Crippen LogP contribution >= 0.6 is 0 Å². The first-order valence-corrected chi connectivity index (χ1v) is 6.03. The Bertz CT molecular complexity index is 686. The van der Waals surface area contributed by atoms with E-state index in [4.69, 9.17) is 9.47 Å². The van der Waals surface area contributed by atoms with Crippen molar-refractivity contribution in [2.45, 2.75) is 0 Å². The molecule has 0 aromatic heterocycles. The third-order valence-corrected chi connectivity index (χ3v) is 2.71. The van der Waals surface area contributed by atoms with E-state index in [9.17, 15) is 10.1 Å². The van der Waals surface area contributed by atoms with E-state index < -0.39 is 4.92 Å². The molecule has 108 valence electrons. The second-order valence-corrected chi connectivity index (χ2v) is 3.99. The molecule has 7 nitrogen and oxygen atoms in total. The van der Waals surface area contributed by atoms with Crippen molar-refractivity contribution in [3.63, 3.8) is 0 Å². The minimum Gasteiger partial charge on any atom is -0.497 e. The zero-order valence-electron chi connectivity index (χ0n) is 11.5. The van der Waals surface area contributed by atoms with Crippen molar-refractivity contribution in [1.29, 1.82) is 0 Å². The van der Waals surface area contributed by atoms with Crippen LogP contribution in [0.2, 0.25) is 0 Å². The van der Waals surface area contributed by atoms with Crippen LogP contribution in [0.1, 0.15) is 0 Å². The van der Waals surface area contributed by atoms with Gasteiger partial charge in [0.1, 0.15) is 5.75 Å². The monoisotopic (exact) mass is 287 g/mol. The Hall–Kier alpha value is -2.96. The Labute approximate surface area is 121 Å². The van der Waals surface area contributed by atoms with Crippen LogP contribution in [0.15, 0.2) is 52.7 Å². The largest absolute Gasteiger partial charge is 0.497 e.